The number of H-pyrrole nitrogens is 1. The molecule has 3 rings (SSSR count). The van der Waals surface area contributed by atoms with Gasteiger partial charge in [0.15, 0.2) is 0 Å². The van der Waals surface area contributed by atoms with Gasteiger partial charge in [0, 0.05) is 48.7 Å². The molecule has 1 aromatic heterocycles. The molecule has 0 aliphatic carbocycles. The van der Waals surface area contributed by atoms with E-state index >= 15 is 0 Å². The molecular formula is C23H27FN4O5. The second-order valence-electron chi connectivity index (χ2n) is 8.09. The number of hydrogen-bond donors (Lipinski definition) is 4. The molecule has 2 amide bonds. The molecule has 4 N–H and O–H groups in total. The zero-order chi connectivity index (χ0) is 24.3. The van der Waals surface area contributed by atoms with E-state index in [9.17, 15) is 23.9 Å². The molecule has 2 aromatic rings. The Bertz CT molecular complexity index is 1120. The molecule has 9 nitrogen and oxygen atoms in total. The van der Waals surface area contributed by atoms with Crippen molar-refractivity contribution < 1.29 is 28.7 Å². The number of carboxylic acids is 1. The molecule has 33 heavy (non-hydrogen) atoms. The average Bonchev–Trinajstić information content (AvgIpc) is 3.19. The number of amides is 2. The molecule has 0 radical (unpaired) electrons. The van der Waals surface area contributed by atoms with E-state index in [1.54, 1.807) is 20.2 Å². The van der Waals surface area contributed by atoms with Crippen molar-refractivity contribution in [3.63, 3.8) is 0 Å². The number of carbonyl (C=O) groups excluding carboxylic acids is 2. The Hall–Kier alpha value is -3.50. The average molecular weight is 458 g/mol. The summed E-state index contributed by atoms with van der Waals surface area (Å²) < 4.78 is 13.7. The number of anilines is 1. The summed E-state index contributed by atoms with van der Waals surface area (Å²) in [6.45, 7) is 3.75. The lowest BCUT2D eigenvalue weighted by Gasteiger charge is -2.16. The quantitative estimate of drug-likeness (QED) is 0.338. The molecule has 2 heterocycles. The highest BCUT2D eigenvalue weighted by atomic mass is 19.1. The third kappa shape index (κ3) is 5.47. The maximum atomic E-state index is 13.7. The van der Waals surface area contributed by atoms with Gasteiger partial charge in [-0.15, -0.1) is 0 Å². The highest BCUT2D eigenvalue weighted by molar-refractivity contribution is 6.34. The fraction of sp³-hybridized carbons (Fsp3) is 0.348. The Labute approximate surface area is 190 Å². The lowest BCUT2D eigenvalue weighted by molar-refractivity contribution is -0.145. The van der Waals surface area contributed by atoms with Crippen molar-refractivity contribution in [2.24, 2.45) is 0 Å². The summed E-state index contributed by atoms with van der Waals surface area (Å²) in [4.78, 5) is 45.6. The van der Waals surface area contributed by atoms with Gasteiger partial charge in [0.2, 0.25) is 5.91 Å². The monoisotopic (exact) mass is 458 g/mol. The first-order valence-corrected chi connectivity index (χ1v) is 10.4. The second-order valence-corrected chi connectivity index (χ2v) is 8.09. The van der Waals surface area contributed by atoms with E-state index in [1.807, 2.05) is 13.8 Å². The summed E-state index contributed by atoms with van der Waals surface area (Å²) in [5.74, 6) is -2.04. The van der Waals surface area contributed by atoms with Crippen LogP contribution in [0.5, 0.6) is 0 Å². The van der Waals surface area contributed by atoms with E-state index in [0.717, 1.165) is 16.8 Å². The van der Waals surface area contributed by atoms with Gasteiger partial charge in [-0.3, -0.25) is 19.2 Å². The largest absolute Gasteiger partial charge is 0.480 e. The van der Waals surface area contributed by atoms with Crippen LogP contribution in [0.3, 0.4) is 0 Å². The zero-order valence-corrected chi connectivity index (χ0v) is 18.9. The number of carboxylic acid groups (broad SMARTS) is 1. The van der Waals surface area contributed by atoms with Crippen molar-refractivity contribution >= 4 is 35.1 Å². The normalized spacial score (nSPS) is 14.8. The minimum Gasteiger partial charge on any atom is -0.480 e. The number of rotatable bonds is 9. The summed E-state index contributed by atoms with van der Waals surface area (Å²) >= 11 is 0. The highest BCUT2D eigenvalue weighted by Crippen LogP contribution is 2.34. The van der Waals surface area contributed by atoms with Gasteiger partial charge in [0.25, 0.3) is 5.91 Å². The number of nitrogens with zero attached hydrogens (tertiary/aromatic N) is 1. The Kier molecular flexibility index (Phi) is 7.29. The molecule has 0 saturated carbocycles. The first-order chi connectivity index (χ1) is 15.6. The number of hydroxylamine groups is 1. The van der Waals surface area contributed by atoms with Crippen LogP contribution in [-0.4, -0.2) is 52.9 Å². The third-order valence-corrected chi connectivity index (χ3v) is 5.57. The van der Waals surface area contributed by atoms with Crippen LogP contribution in [0.4, 0.5) is 10.1 Å². The molecule has 176 valence electrons. The Morgan fingerprint density at radius 3 is 2.70 bits per heavy atom. The number of carbonyl (C=O) groups is 3. The van der Waals surface area contributed by atoms with Crippen molar-refractivity contribution in [2.45, 2.75) is 39.3 Å². The number of aromatic nitrogens is 1. The van der Waals surface area contributed by atoms with Crippen LogP contribution in [-0.2, 0) is 25.8 Å². The lowest BCUT2D eigenvalue weighted by Crippen LogP contribution is -2.37. The molecular weight excluding hydrogens is 431 g/mol. The van der Waals surface area contributed by atoms with Crippen molar-refractivity contribution in [3.8, 4) is 0 Å². The van der Waals surface area contributed by atoms with Crippen LogP contribution in [0.2, 0.25) is 0 Å². The molecule has 0 saturated heterocycles. The van der Waals surface area contributed by atoms with Gasteiger partial charge in [-0.25, -0.2) is 4.39 Å². The van der Waals surface area contributed by atoms with Crippen LogP contribution < -0.4 is 10.8 Å². The second kappa shape index (κ2) is 9.97. The number of aliphatic carboxylic acids is 1. The van der Waals surface area contributed by atoms with Crippen LogP contribution >= 0.6 is 0 Å². The zero-order valence-electron chi connectivity index (χ0n) is 18.9. The van der Waals surface area contributed by atoms with Gasteiger partial charge < -0.3 is 20.3 Å². The van der Waals surface area contributed by atoms with Gasteiger partial charge in [-0.05, 0) is 50.1 Å². The van der Waals surface area contributed by atoms with Gasteiger partial charge in [-0.2, -0.15) is 5.48 Å². The van der Waals surface area contributed by atoms with Gasteiger partial charge >= 0.3 is 5.97 Å². The molecule has 0 fully saturated rings. The fourth-order valence-electron chi connectivity index (χ4n) is 3.56. The van der Waals surface area contributed by atoms with E-state index in [2.05, 4.69) is 15.8 Å². The Morgan fingerprint density at radius 1 is 1.30 bits per heavy atom. The van der Waals surface area contributed by atoms with Crippen LogP contribution in [0.25, 0.3) is 11.6 Å². The number of hydrogen-bond acceptors (Lipinski definition) is 5. The molecule has 1 aliphatic heterocycles. The molecule has 1 aromatic carbocycles. The molecule has 1 aliphatic rings. The minimum absolute atomic E-state index is 0.0696. The molecule has 0 bridgehead atoms. The third-order valence-electron chi connectivity index (χ3n) is 5.57. The maximum absolute atomic E-state index is 13.7. The van der Waals surface area contributed by atoms with E-state index < -0.39 is 17.8 Å². The summed E-state index contributed by atoms with van der Waals surface area (Å²) in [7, 11) is 3.22. The van der Waals surface area contributed by atoms with E-state index in [0.29, 0.717) is 22.5 Å². The number of benzene rings is 1. The minimum atomic E-state index is -1.12. The summed E-state index contributed by atoms with van der Waals surface area (Å²) in [6, 6.07) is 3.08. The molecule has 1 atom stereocenters. The summed E-state index contributed by atoms with van der Waals surface area (Å²) in [5, 5.41) is 12.1. The van der Waals surface area contributed by atoms with Crippen LogP contribution in [0.15, 0.2) is 18.2 Å². The number of aryl methyl sites for hydroxylation is 1. The topological polar surface area (TPSA) is 124 Å². The predicted molar refractivity (Wildman–Crippen MR) is 120 cm³/mol. The van der Waals surface area contributed by atoms with Gasteiger partial charge in [0.1, 0.15) is 11.9 Å². The summed E-state index contributed by atoms with van der Waals surface area (Å²) in [5.41, 5.74) is 6.96. The molecule has 0 spiro atoms. The fourth-order valence-corrected chi connectivity index (χ4v) is 3.56. The Balaban J connectivity index is 1.71. The van der Waals surface area contributed by atoms with E-state index in [4.69, 9.17) is 4.84 Å². The van der Waals surface area contributed by atoms with Crippen LogP contribution in [0, 0.1) is 19.7 Å². The number of aromatic amines is 1. The van der Waals surface area contributed by atoms with Crippen molar-refractivity contribution in [1.29, 1.82) is 0 Å². The number of halogens is 1. The van der Waals surface area contributed by atoms with Gasteiger partial charge in [-0.1, -0.05) is 0 Å². The Morgan fingerprint density at radius 2 is 2.03 bits per heavy atom. The lowest BCUT2D eigenvalue weighted by atomic mass is 10.0. The van der Waals surface area contributed by atoms with Crippen LogP contribution in [0.1, 0.15) is 40.9 Å². The predicted octanol–water partition coefficient (Wildman–Crippen LogP) is 2.61. The van der Waals surface area contributed by atoms with Crippen molar-refractivity contribution in [1.82, 2.24) is 15.4 Å². The van der Waals surface area contributed by atoms with E-state index in [1.165, 1.54) is 23.1 Å². The number of nitrogens with one attached hydrogen (secondary N) is 3. The SMILES string of the molecule is Cc1[nH]c(/C=C2\C(=O)Nc3ccc(F)cc32)c(C)c1CON[C@@H](CCC(=O)N(C)C)C(=O)O. The maximum Gasteiger partial charge on any atom is 0.323 e. The van der Waals surface area contributed by atoms with Crippen molar-refractivity contribution in [3.05, 3.63) is 52.1 Å². The number of fused-ring (bicyclic) bond motifs is 1. The highest BCUT2D eigenvalue weighted by Gasteiger charge is 2.25. The smallest absolute Gasteiger partial charge is 0.323 e. The molecule has 0 unspecified atom stereocenters. The summed E-state index contributed by atoms with van der Waals surface area (Å²) in [6.07, 6.45) is 1.82. The van der Waals surface area contributed by atoms with Gasteiger partial charge in [0.05, 0.1) is 12.2 Å². The molecule has 10 heteroatoms. The first kappa shape index (κ1) is 24.1. The standard InChI is InChI=1S/C23H27FN4O5/c1-12-17(11-33-27-19(23(31)32)7-8-21(29)28(3)4)13(2)25-20(12)10-16-15-9-14(24)5-6-18(15)26-22(16)30/h5-6,9-10,19,25,27H,7-8,11H2,1-4H3,(H,26,30)(H,31,32)/b16-10-/t19-/m0/s1. The van der Waals surface area contributed by atoms with E-state index in [-0.39, 0.29) is 31.3 Å². The van der Waals surface area contributed by atoms with Crippen molar-refractivity contribution in [2.75, 3.05) is 19.4 Å². The first-order valence-electron chi connectivity index (χ1n) is 10.4.